The van der Waals surface area contributed by atoms with Crippen LogP contribution in [0.2, 0.25) is 0 Å². The second-order valence-electron chi connectivity index (χ2n) is 4.61. The van der Waals surface area contributed by atoms with Crippen molar-refractivity contribution < 1.29 is 0 Å². The lowest BCUT2D eigenvalue weighted by Crippen LogP contribution is -2.17. The molecule has 2 aromatic heterocycles. The van der Waals surface area contributed by atoms with Gasteiger partial charge >= 0.3 is 0 Å². The minimum absolute atomic E-state index is 0.382. The number of hydrogen-bond donors (Lipinski definition) is 2. The molecule has 3 rings (SSSR count). The molecule has 1 aliphatic carbocycles. The lowest BCUT2D eigenvalue weighted by atomic mass is 10.0. The van der Waals surface area contributed by atoms with Gasteiger partial charge in [0.25, 0.3) is 0 Å². The van der Waals surface area contributed by atoms with E-state index in [1.54, 1.807) is 11.3 Å². The number of nitrogens with two attached hydrogens (primary N) is 1. The number of nitrogens with one attached hydrogen (secondary N) is 1. The van der Waals surface area contributed by atoms with Crippen molar-refractivity contribution in [3.8, 4) is 11.3 Å². The monoisotopic (exact) mass is 233 g/mol. The molecular formula is C12H15N3S. The van der Waals surface area contributed by atoms with Gasteiger partial charge in [-0.1, -0.05) is 0 Å². The van der Waals surface area contributed by atoms with Gasteiger partial charge in [0.2, 0.25) is 0 Å². The zero-order chi connectivity index (χ0) is 11.0. The van der Waals surface area contributed by atoms with Crippen LogP contribution in [0.5, 0.6) is 0 Å². The Morgan fingerprint density at radius 2 is 2.38 bits per heavy atom. The normalized spacial score (nSPS) is 17.6. The number of rotatable bonds is 4. The summed E-state index contributed by atoms with van der Waals surface area (Å²) in [4.78, 5) is 7.72. The number of thiazole rings is 1. The Bertz CT molecular complexity index is 468. The predicted octanol–water partition coefficient (Wildman–Crippen LogP) is 2.42. The second kappa shape index (κ2) is 3.71. The van der Waals surface area contributed by atoms with Crippen molar-refractivity contribution in [1.29, 1.82) is 0 Å². The quantitative estimate of drug-likeness (QED) is 0.852. The SMILES string of the molecule is NCC1(Cc2nc(-c3cc[nH]c3)cs2)CC1. The molecule has 0 bridgehead atoms. The Kier molecular flexibility index (Phi) is 2.33. The Labute approximate surface area is 98.7 Å². The van der Waals surface area contributed by atoms with Crippen LogP contribution < -0.4 is 5.73 Å². The first kappa shape index (κ1) is 10.1. The first-order valence-electron chi connectivity index (χ1n) is 5.59. The first-order chi connectivity index (χ1) is 7.81. The van der Waals surface area contributed by atoms with Crippen LogP contribution in [-0.2, 0) is 6.42 Å². The van der Waals surface area contributed by atoms with E-state index in [0.29, 0.717) is 5.41 Å². The molecule has 2 aromatic rings. The molecule has 0 amide bonds. The summed E-state index contributed by atoms with van der Waals surface area (Å²) in [5, 5.41) is 3.35. The molecule has 3 N–H and O–H groups in total. The Hall–Kier alpha value is -1.13. The van der Waals surface area contributed by atoms with Crippen molar-refractivity contribution in [2.45, 2.75) is 19.3 Å². The van der Waals surface area contributed by atoms with Crippen LogP contribution >= 0.6 is 11.3 Å². The summed E-state index contributed by atoms with van der Waals surface area (Å²) in [5.74, 6) is 0. The number of hydrogen-bond acceptors (Lipinski definition) is 3. The van der Waals surface area contributed by atoms with Gasteiger partial charge in [-0.15, -0.1) is 11.3 Å². The summed E-state index contributed by atoms with van der Waals surface area (Å²) in [6, 6.07) is 2.05. The molecule has 4 heteroatoms. The highest BCUT2D eigenvalue weighted by atomic mass is 32.1. The van der Waals surface area contributed by atoms with E-state index in [1.165, 1.54) is 23.4 Å². The zero-order valence-electron chi connectivity index (χ0n) is 9.07. The van der Waals surface area contributed by atoms with Crippen LogP contribution in [0.3, 0.4) is 0 Å². The van der Waals surface area contributed by atoms with Gasteiger partial charge < -0.3 is 10.7 Å². The fourth-order valence-corrected chi connectivity index (χ4v) is 2.94. The summed E-state index contributed by atoms with van der Waals surface area (Å²) in [6.07, 6.45) is 7.50. The molecule has 0 atom stereocenters. The molecule has 0 radical (unpaired) electrons. The molecule has 0 saturated heterocycles. The highest BCUT2D eigenvalue weighted by Gasteiger charge is 2.41. The molecule has 16 heavy (non-hydrogen) atoms. The van der Waals surface area contributed by atoms with Crippen LogP contribution in [0.15, 0.2) is 23.8 Å². The molecule has 1 saturated carbocycles. The minimum atomic E-state index is 0.382. The largest absolute Gasteiger partial charge is 0.367 e. The number of aromatic amines is 1. The van der Waals surface area contributed by atoms with Gasteiger partial charge in [0.15, 0.2) is 0 Å². The molecule has 0 unspecified atom stereocenters. The van der Waals surface area contributed by atoms with E-state index in [-0.39, 0.29) is 0 Å². The van der Waals surface area contributed by atoms with Gasteiger partial charge in [-0.3, -0.25) is 0 Å². The fraction of sp³-hybridized carbons (Fsp3) is 0.417. The molecule has 84 valence electrons. The number of aromatic nitrogens is 2. The van der Waals surface area contributed by atoms with Crippen molar-refractivity contribution in [2.24, 2.45) is 11.1 Å². The third-order valence-electron chi connectivity index (χ3n) is 3.36. The van der Waals surface area contributed by atoms with Gasteiger partial charge in [0, 0.05) is 29.8 Å². The standard InChI is InChI=1S/C12H15N3S/c13-8-12(2-3-12)5-11-15-10(7-16-11)9-1-4-14-6-9/h1,4,6-7,14H,2-3,5,8,13H2. The molecular weight excluding hydrogens is 218 g/mol. The van der Waals surface area contributed by atoms with Gasteiger partial charge in [-0.05, 0) is 30.9 Å². The summed E-state index contributed by atoms with van der Waals surface area (Å²) >= 11 is 1.75. The highest BCUT2D eigenvalue weighted by Crippen LogP contribution is 2.47. The second-order valence-corrected chi connectivity index (χ2v) is 5.55. The number of H-pyrrole nitrogens is 1. The van der Waals surface area contributed by atoms with Crippen LogP contribution in [0.25, 0.3) is 11.3 Å². The average Bonchev–Trinajstić information content (AvgIpc) is 2.72. The molecule has 3 nitrogen and oxygen atoms in total. The molecule has 1 aliphatic rings. The topological polar surface area (TPSA) is 54.7 Å². The third-order valence-corrected chi connectivity index (χ3v) is 4.21. The van der Waals surface area contributed by atoms with E-state index in [0.717, 1.165) is 18.7 Å². The van der Waals surface area contributed by atoms with Crippen molar-refractivity contribution in [3.63, 3.8) is 0 Å². The first-order valence-corrected chi connectivity index (χ1v) is 6.47. The molecule has 2 heterocycles. The van der Waals surface area contributed by atoms with E-state index in [2.05, 4.69) is 21.4 Å². The van der Waals surface area contributed by atoms with Crippen LogP contribution in [0.4, 0.5) is 0 Å². The lowest BCUT2D eigenvalue weighted by molar-refractivity contribution is 0.520. The smallest absolute Gasteiger partial charge is 0.0938 e. The van der Waals surface area contributed by atoms with E-state index in [4.69, 9.17) is 5.73 Å². The maximum absolute atomic E-state index is 5.79. The van der Waals surface area contributed by atoms with Crippen LogP contribution in [0, 0.1) is 5.41 Å². The van der Waals surface area contributed by atoms with Crippen molar-refractivity contribution in [3.05, 3.63) is 28.8 Å². The third kappa shape index (κ3) is 1.79. The summed E-state index contributed by atoms with van der Waals surface area (Å²) in [6.45, 7) is 0.798. The van der Waals surface area contributed by atoms with Crippen LogP contribution in [-0.4, -0.2) is 16.5 Å². The van der Waals surface area contributed by atoms with Crippen LogP contribution in [0.1, 0.15) is 17.8 Å². The summed E-state index contributed by atoms with van der Waals surface area (Å²) in [7, 11) is 0. The fourth-order valence-electron chi connectivity index (χ4n) is 1.96. The van der Waals surface area contributed by atoms with Crippen molar-refractivity contribution in [1.82, 2.24) is 9.97 Å². The Morgan fingerprint density at radius 3 is 3.00 bits per heavy atom. The predicted molar refractivity (Wildman–Crippen MR) is 66.3 cm³/mol. The van der Waals surface area contributed by atoms with Gasteiger partial charge in [0.1, 0.15) is 0 Å². The molecule has 1 fully saturated rings. The lowest BCUT2D eigenvalue weighted by Gasteiger charge is -2.08. The Balaban J connectivity index is 1.78. The molecule has 0 aliphatic heterocycles. The summed E-state index contributed by atoms with van der Waals surface area (Å²) < 4.78 is 0. The van der Waals surface area contributed by atoms with Crippen molar-refractivity contribution in [2.75, 3.05) is 6.54 Å². The minimum Gasteiger partial charge on any atom is -0.367 e. The molecule has 0 spiro atoms. The maximum Gasteiger partial charge on any atom is 0.0938 e. The zero-order valence-corrected chi connectivity index (χ0v) is 9.89. The average molecular weight is 233 g/mol. The van der Waals surface area contributed by atoms with Gasteiger partial charge in [-0.2, -0.15) is 0 Å². The van der Waals surface area contributed by atoms with Gasteiger partial charge in [-0.25, -0.2) is 4.98 Å². The van der Waals surface area contributed by atoms with E-state index in [1.807, 2.05) is 12.4 Å². The summed E-state index contributed by atoms with van der Waals surface area (Å²) in [5.41, 5.74) is 8.42. The number of nitrogens with zero attached hydrogens (tertiary/aromatic N) is 1. The molecule has 0 aromatic carbocycles. The highest BCUT2D eigenvalue weighted by molar-refractivity contribution is 7.09. The maximum atomic E-state index is 5.79. The van der Waals surface area contributed by atoms with Gasteiger partial charge in [0.05, 0.1) is 10.7 Å². The van der Waals surface area contributed by atoms with E-state index >= 15 is 0 Å². The van der Waals surface area contributed by atoms with E-state index < -0.39 is 0 Å². The Morgan fingerprint density at radius 1 is 1.50 bits per heavy atom. The van der Waals surface area contributed by atoms with E-state index in [9.17, 15) is 0 Å². The van der Waals surface area contributed by atoms with Crippen molar-refractivity contribution >= 4 is 11.3 Å².